The second-order valence-corrected chi connectivity index (χ2v) is 30.7. The van der Waals surface area contributed by atoms with Crippen LogP contribution in [0.15, 0.2) is 24.3 Å². The van der Waals surface area contributed by atoms with Gasteiger partial charge in [0, 0.05) is 6.42 Å². The normalized spacial score (nSPS) is 22.0. The summed E-state index contributed by atoms with van der Waals surface area (Å²) in [6.07, 6.45) is 74.5. The molecule has 2 aliphatic heterocycles. The quantitative estimate of drug-likeness (QED) is 0.0204. The van der Waals surface area contributed by atoms with Crippen molar-refractivity contribution in [3.05, 3.63) is 24.3 Å². The lowest BCUT2D eigenvalue weighted by Gasteiger charge is -2.46. The van der Waals surface area contributed by atoms with E-state index in [0.29, 0.717) is 12.8 Å². The molecule has 2 aliphatic rings. The first-order valence-corrected chi connectivity index (χ1v) is 43.1. The van der Waals surface area contributed by atoms with Gasteiger partial charge in [-0.15, -0.1) is 0 Å². The number of rotatable bonds is 74. The molecule has 2 saturated heterocycles. The monoisotopic (exact) mass is 1410 g/mol. The van der Waals surface area contributed by atoms with E-state index < -0.39 is 86.8 Å². The first-order chi connectivity index (χ1) is 48.6. The van der Waals surface area contributed by atoms with Crippen molar-refractivity contribution in [2.45, 2.75) is 492 Å². The van der Waals surface area contributed by atoms with Crippen molar-refractivity contribution < 1.29 is 64.6 Å². The highest BCUT2D eigenvalue weighted by molar-refractivity contribution is 5.76. The van der Waals surface area contributed by atoms with Gasteiger partial charge in [-0.05, 0) is 32.1 Å². The summed E-state index contributed by atoms with van der Waals surface area (Å²) in [5.41, 5.74) is 0. The molecule has 12 unspecified atom stereocenters. The number of hydrogen-bond donors (Lipinski definition) is 9. The molecule has 0 bridgehead atoms. The minimum Gasteiger partial charge on any atom is -0.394 e. The molecule has 0 aromatic rings. The summed E-state index contributed by atoms with van der Waals surface area (Å²) in [6.45, 7) is 2.86. The number of ether oxygens (including phenoxy) is 4. The van der Waals surface area contributed by atoms with Gasteiger partial charge in [0.1, 0.15) is 48.8 Å². The lowest BCUT2D eigenvalue weighted by Crippen LogP contribution is -2.65. The summed E-state index contributed by atoms with van der Waals surface area (Å²) in [6, 6.07) is -0.931. The van der Waals surface area contributed by atoms with Crippen molar-refractivity contribution in [3.63, 3.8) is 0 Å². The lowest BCUT2D eigenvalue weighted by molar-refractivity contribution is -0.359. The molecule has 2 fully saturated rings. The van der Waals surface area contributed by atoms with Crippen molar-refractivity contribution in [2.24, 2.45) is 0 Å². The molecule has 0 spiro atoms. The summed E-state index contributed by atoms with van der Waals surface area (Å²) in [5.74, 6) is -0.239. The van der Waals surface area contributed by atoms with Crippen molar-refractivity contribution in [1.82, 2.24) is 5.32 Å². The van der Waals surface area contributed by atoms with Crippen LogP contribution in [-0.4, -0.2) is 140 Å². The van der Waals surface area contributed by atoms with E-state index in [0.717, 1.165) is 32.1 Å². The number of aliphatic hydroxyl groups excluding tert-OH is 8. The van der Waals surface area contributed by atoms with Crippen molar-refractivity contribution in [2.75, 3.05) is 19.8 Å². The van der Waals surface area contributed by atoms with E-state index >= 15 is 0 Å². The van der Waals surface area contributed by atoms with Gasteiger partial charge >= 0.3 is 0 Å². The van der Waals surface area contributed by atoms with Crippen LogP contribution in [0.3, 0.4) is 0 Å². The molecule has 14 heteroatoms. The zero-order chi connectivity index (χ0) is 71.5. The molecule has 99 heavy (non-hydrogen) atoms. The number of amides is 1. The molecule has 0 aliphatic carbocycles. The number of nitrogens with one attached hydrogen (secondary N) is 1. The van der Waals surface area contributed by atoms with Gasteiger partial charge in [-0.3, -0.25) is 4.79 Å². The van der Waals surface area contributed by atoms with Crippen molar-refractivity contribution in [1.29, 1.82) is 0 Å². The number of unbranched alkanes of at least 4 members (excludes halogenated alkanes) is 59. The first kappa shape index (κ1) is 93.6. The Bertz CT molecular complexity index is 1760. The van der Waals surface area contributed by atoms with Gasteiger partial charge < -0.3 is 65.1 Å². The Morgan fingerprint density at radius 1 is 0.354 bits per heavy atom. The minimum absolute atomic E-state index is 0.239. The second-order valence-electron chi connectivity index (χ2n) is 30.7. The maximum atomic E-state index is 13.4. The van der Waals surface area contributed by atoms with Crippen LogP contribution in [0.25, 0.3) is 0 Å². The Hall–Kier alpha value is -1.53. The van der Waals surface area contributed by atoms with Gasteiger partial charge in [0.2, 0.25) is 5.91 Å². The number of carbonyl (C=O) groups is 1. The molecule has 0 aromatic heterocycles. The third-order valence-corrected chi connectivity index (χ3v) is 21.4. The van der Waals surface area contributed by atoms with Gasteiger partial charge in [0.25, 0.3) is 0 Å². The van der Waals surface area contributed by atoms with Crippen LogP contribution in [0.2, 0.25) is 0 Å². The molecule has 586 valence electrons. The number of carbonyl (C=O) groups excluding carboxylic acids is 1. The van der Waals surface area contributed by atoms with Gasteiger partial charge in [-0.25, -0.2) is 0 Å². The van der Waals surface area contributed by atoms with E-state index in [2.05, 4.69) is 31.3 Å². The van der Waals surface area contributed by atoms with Crippen LogP contribution >= 0.6 is 0 Å². The fraction of sp³-hybridized carbons (Fsp3) is 0.941. The Kier molecular flexibility index (Phi) is 65.7. The smallest absolute Gasteiger partial charge is 0.220 e. The van der Waals surface area contributed by atoms with Gasteiger partial charge in [-0.2, -0.15) is 0 Å². The van der Waals surface area contributed by atoms with E-state index in [1.165, 1.54) is 353 Å². The third-order valence-electron chi connectivity index (χ3n) is 21.4. The Morgan fingerprint density at radius 2 is 0.646 bits per heavy atom. The fourth-order valence-corrected chi connectivity index (χ4v) is 14.6. The summed E-state index contributed by atoms with van der Waals surface area (Å²) < 4.78 is 22.9. The first-order valence-electron chi connectivity index (χ1n) is 43.1. The summed E-state index contributed by atoms with van der Waals surface area (Å²) >= 11 is 0. The molecule has 14 nitrogen and oxygen atoms in total. The molecule has 12 atom stereocenters. The Morgan fingerprint density at radius 3 is 0.990 bits per heavy atom. The standard InChI is InChI=1S/C85H163NO13/c1-3-5-7-9-11-13-15-17-19-21-23-25-27-29-30-31-32-33-34-35-36-37-38-39-40-41-42-43-45-47-49-51-53-55-57-59-61-63-65-67-69-77(90)86-73(72-96-84-82(95)80(93)83(76(71-88)98-84)99-85-81(94)79(92)78(91)75(70-87)97-85)74(89)68-66-64-62-60-58-56-54-52-50-48-46-44-28-26-24-22-20-18-16-14-12-10-8-6-4-2/h58,60,66,68,73-76,78-85,87-89,91-95H,3-57,59,61-65,67,69-72H2,1-2H3,(H,86,90)/b60-58+,68-66+. The van der Waals surface area contributed by atoms with Crippen LogP contribution in [0, 0.1) is 0 Å². The molecule has 0 radical (unpaired) electrons. The number of hydrogen-bond acceptors (Lipinski definition) is 13. The minimum atomic E-state index is -1.79. The zero-order valence-corrected chi connectivity index (χ0v) is 64.5. The maximum absolute atomic E-state index is 13.4. The molecular formula is C85H163NO13. The summed E-state index contributed by atoms with van der Waals surface area (Å²) in [4.78, 5) is 13.4. The van der Waals surface area contributed by atoms with Crippen LogP contribution in [0.1, 0.15) is 418 Å². The van der Waals surface area contributed by atoms with E-state index in [9.17, 15) is 45.6 Å². The van der Waals surface area contributed by atoms with Crippen LogP contribution in [0.5, 0.6) is 0 Å². The highest BCUT2D eigenvalue weighted by Crippen LogP contribution is 2.31. The topological polar surface area (TPSA) is 228 Å². The predicted molar refractivity (Wildman–Crippen MR) is 411 cm³/mol. The number of allylic oxidation sites excluding steroid dienone is 3. The SMILES string of the molecule is CCCCCCCCCCCCCCCCCCCCC/C=C/CC/C=C/C(O)C(COC1OC(CO)C(OC2OC(CO)C(O)C(O)C2O)C(O)C1O)NC(=O)CCCCCCCCCCCCCCCCCCCCCCCCCCCCCCCCCCCCCCCCCC. The molecule has 9 N–H and O–H groups in total. The molecule has 1 amide bonds. The maximum Gasteiger partial charge on any atom is 0.220 e. The van der Waals surface area contributed by atoms with Gasteiger partial charge in [0.15, 0.2) is 12.6 Å². The average molecular weight is 1410 g/mol. The van der Waals surface area contributed by atoms with E-state index in [4.69, 9.17) is 18.9 Å². The highest BCUT2D eigenvalue weighted by Gasteiger charge is 2.51. The second kappa shape index (κ2) is 69.5. The largest absolute Gasteiger partial charge is 0.394 e. The van der Waals surface area contributed by atoms with Crippen molar-refractivity contribution in [3.8, 4) is 0 Å². The van der Waals surface area contributed by atoms with E-state index in [1.54, 1.807) is 6.08 Å². The fourth-order valence-electron chi connectivity index (χ4n) is 14.6. The lowest BCUT2D eigenvalue weighted by atomic mass is 9.97. The summed E-state index contributed by atoms with van der Waals surface area (Å²) in [7, 11) is 0. The molecule has 0 aromatic carbocycles. The molecular weight excluding hydrogens is 1240 g/mol. The third kappa shape index (κ3) is 52.2. The molecule has 0 saturated carbocycles. The van der Waals surface area contributed by atoms with Crippen LogP contribution in [0.4, 0.5) is 0 Å². The average Bonchev–Trinajstić information content (AvgIpc) is 0.793. The van der Waals surface area contributed by atoms with Crippen LogP contribution < -0.4 is 5.32 Å². The van der Waals surface area contributed by atoms with Crippen molar-refractivity contribution >= 4 is 5.91 Å². The Balaban J connectivity index is 1.56. The van der Waals surface area contributed by atoms with Gasteiger partial charge in [0.05, 0.1) is 32.0 Å². The van der Waals surface area contributed by atoms with Crippen LogP contribution in [-0.2, 0) is 23.7 Å². The number of aliphatic hydroxyl groups is 8. The highest BCUT2D eigenvalue weighted by atomic mass is 16.7. The molecule has 2 heterocycles. The predicted octanol–water partition coefficient (Wildman–Crippen LogP) is 20.2. The Labute approximate surface area is 609 Å². The zero-order valence-electron chi connectivity index (χ0n) is 64.5. The van der Waals surface area contributed by atoms with Gasteiger partial charge in [-0.1, -0.05) is 404 Å². The summed E-state index contributed by atoms with van der Waals surface area (Å²) in [5, 5.41) is 87.7. The molecule has 2 rings (SSSR count). The van der Waals surface area contributed by atoms with E-state index in [-0.39, 0.29) is 18.9 Å². The van der Waals surface area contributed by atoms with E-state index in [1.807, 2.05) is 6.08 Å².